The van der Waals surface area contributed by atoms with Crippen molar-refractivity contribution in [1.82, 2.24) is 15.2 Å². The Kier molecular flexibility index (Phi) is 5.94. The van der Waals surface area contributed by atoms with E-state index < -0.39 is 27.6 Å². The third kappa shape index (κ3) is 4.73. The minimum atomic E-state index is -4.43. The Morgan fingerprint density at radius 3 is 2.48 bits per heavy atom. The van der Waals surface area contributed by atoms with Gasteiger partial charge in [0.25, 0.3) is 0 Å². The topological polar surface area (TPSA) is 88.1 Å². The molecule has 1 N–H and O–H groups in total. The van der Waals surface area contributed by atoms with E-state index in [1.807, 2.05) is 11.0 Å². The Labute approximate surface area is 190 Å². The minimum Gasteiger partial charge on any atom is -0.368 e. The van der Waals surface area contributed by atoms with Crippen LogP contribution in [0.15, 0.2) is 30.5 Å². The summed E-state index contributed by atoms with van der Waals surface area (Å²) in [5.74, 6) is 0.560. The highest BCUT2D eigenvalue weighted by molar-refractivity contribution is 7.91. The molecule has 1 fully saturated rings. The molecule has 0 saturated carbocycles. The molecule has 11 heteroatoms. The first kappa shape index (κ1) is 23.2. The Balaban J connectivity index is 1.69. The van der Waals surface area contributed by atoms with Gasteiger partial charge in [-0.25, -0.2) is 8.42 Å². The molecule has 3 aromatic rings. The van der Waals surface area contributed by atoms with Crippen LogP contribution >= 0.6 is 0 Å². The predicted octanol–water partition coefficient (Wildman–Crippen LogP) is 4.07. The Morgan fingerprint density at radius 1 is 1.12 bits per heavy atom. The van der Waals surface area contributed by atoms with Gasteiger partial charge in [-0.3, -0.25) is 4.98 Å². The van der Waals surface area contributed by atoms with Crippen LogP contribution in [0.25, 0.3) is 10.9 Å². The number of hydrogen-bond donors (Lipinski definition) is 1. The molecule has 1 saturated heterocycles. The monoisotopic (exact) mass is 479 g/mol. The Bertz CT molecular complexity index is 1300. The normalized spacial score (nSPS) is 17.2. The van der Waals surface area contributed by atoms with Crippen molar-refractivity contribution in [1.29, 1.82) is 0 Å². The molecule has 7 nitrogen and oxygen atoms in total. The molecule has 176 valence electrons. The summed E-state index contributed by atoms with van der Waals surface area (Å²) in [6, 6.07) is 5.52. The van der Waals surface area contributed by atoms with Crippen LogP contribution in [-0.4, -0.2) is 48.2 Å². The summed E-state index contributed by atoms with van der Waals surface area (Å²) in [5, 5.41) is 12.3. The van der Waals surface area contributed by atoms with Gasteiger partial charge in [-0.1, -0.05) is 12.1 Å². The van der Waals surface area contributed by atoms with Gasteiger partial charge in [0, 0.05) is 18.5 Å². The fraction of sp³-hybridized carbons (Fsp3) is 0.409. The first-order valence-corrected chi connectivity index (χ1v) is 12.3. The van der Waals surface area contributed by atoms with Crippen LogP contribution < -0.4 is 10.2 Å². The molecule has 0 spiro atoms. The van der Waals surface area contributed by atoms with Crippen molar-refractivity contribution < 1.29 is 21.6 Å². The van der Waals surface area contributed by atoms with E-state index in [2.05, 4.69) is 20.5 Å². The molecule has 0 bridgehead atoms. The van der Waals surface area contributed by atoms with Crippen molar-refractivity contribution in [3.63, 3.8) is 0 Å². The second-order valence-corrected chi connectivity index (χ2v) is 10.5. The molecule has 0 amide bonds. The second-order valence-electron chi connectivity index (χ2n) is 8.25. The van der Waals surface area contributed by atoms with Gasteiger partial charge in [0.2, 0.25) is 0 Å². The van der Waals surface area contributed by atoms with Crippen molar-refractivity contribution in [3.05, 3.63) is 52.8 Å². The van der Waals surface area contributed by atoms with Crippen molar-refractivity contribution in [2.45, 2.75) is 33.0 Å². The van der Waals surface area contributed by atoms with Gasteiger partial charge in [-0.15, -0.1) is 5.10 Å². The molecule has 2 aromatic heterocycles. The van der Waals surface area contributed by atoms with Crippen LogP contribution in [0.4, 0.5) is 24.7 Å². The maximum Gasteiger partial charge on any atom is 0.416 e. The predicted molar refractivity (Wildman–Crippen MR) is 121 cm³/mol. The van der Waals surface area contributed by atoms with Gasteiger partial charge in [0.1, 0.15) is 0 Å². The van der Waals surface area contributed by atoms with Crippen LogP contribution in [0.3, 0.4) is 0 Å². The Morgan fingerprint density at radius 2 is 1.82 bits per heavy atom. The largest absolute Gasteiger partial charge is 0.416 e. The number of benzene rings is 1. The zero-order valence-electron chi connectivity index (χ0n) is 18.4. The zero-order chi connectivity index (χ0) is 24.0. The number of alkyl halides is 3. The Hall–Kier alpha value is -2.95. The van der Waals surface area contributed by atoms with Crippen LogP contribution in [-0.2, 0) is 16.0 Å². The maximum absolute atomic E-state index is 13.3. The van der Waals surface area contributed by atoms with Gasteiger partial charge in [-0.05, 0) is 44.0 Å². The van der Waals surface area contributed by atoms with E-state index in [4.69, 9.17) is 0 Å². The number of pyridine rings is 1. The highest BCUT2D eigenvalue weighted by Gasteiger charge is 2.33. The highest BCUT2D eigenvalue weighted by atomic mass is 32.2. The van der Waals surface area contributed by atoms with Gasteiger partial charge in [0.15, 0.2) is 15.7 Å². The third-order valence-electron chi connectivity index (χ3n) is 5.98. The average molecular weight is 480 g/mol. The lowest BCUT2D eigenvalue weighted by Gasteiger charge is -2.28. The summed E-state index contributed by atoms with van der Waals surface area (Å²) in [5.41, 5.74) is 1.99. The number of nitrogens with zero attached hydrogens (tertiary/aromatic N) is 4. The van der Waals surface area contributed by atoms with Crippen LogP contribution in [0, 0.1) is 13.8 Å². The molecule has 0 radical (unpaired) electrons. The lowest BCUT2D eigenvalue weighted by Crippen LogP contribution is -2.40. The van der Waals surface area contributed by atoms with E-state index in [0.717, 1.165) is 11.8 Å². The number of halogens is 3. The summed E-state index contributed by atoms with van der Waals surface area (Å²) in [6.07, 6.45) is -2.75. The van der Waals surface area contributed by atoms with E-state index >= 15 is 0 Å². The minimum absolute atomic E-state index is 0.0790. The van der Waals surface area contributed by atoms with Crippen LogP contribution in [0.2, 0.25) is 0 Å². The molecule has 0 unspecified atom stereocenters. The lowest BCUT2D eigenvalue weighted by molar-refractivity contribution is -0.138. The lowest BCUT2D eigenvalue weighted by atomic mass is 9.97. The number of nitrogens with one attached hydrogen (secondary N) is 1. The summed E-state index contributed by atoms with van der Waals surface area (Å²) in [7, 11) is -3.02. The smallest absolute Gasteiger partial charge is 0.368 e. The summed E-state index contributed by atoms with van der Waals surface area (Å²) < 4.78 is 63.6. The fourth-order valence-corrected chi connectivity index (χ4v) is 5.31. The van der Waals surface area contributed by atoms with Gasteiger partial charge < -0.3 is 10.2 Å². The molecule has 4 rings (SSSR count). The number of sulfone groups is 1. The second kappa shape index (κ2) is 8.44. The number of rotatable bonds is 4. The maximum atomic E-state index is 13.3. The van der Waals surface area contributed by atoms with E-state index in [1.165, 1.54) is 13.0 Å². The summed E-state index contributed by atoms with van der Waals surface area (Å²) in [6.45, 7) is 5.74. The van der Waals surface area contributed by atoms with Gasteiger partial charge >= 0.3 is 6.18 Å². The number of hydrogen-bond acceptors (Lipinski definition) is 7. The molecular formula is C22H24F3N5O2S. The van der Waals surface area contributed by atoms with E-state index in [-0.39, 0.29) is 17.1 Å². The van der Waals surface area contributed by atoms with Crippen molar-refractivity contribution >= 4 is 32.2 Å². The molecule has 1 aromatic carbocycles. The molecular weight excluding hydrogens is 455 g/mol. The van der Waals surface area contributed by atoms with Gasteiger partial charge in [0.05, 0.1) is 46.2 Å². The zero-order valence-corrected chi connectivity index (χ0v) is 19.3. The molecule has 1 aliphatic rings. The first-order valence-electron chi connectivity index (χ1n) is 10.5. The van der Waals surface area contributed by atoms with Crippen molar-refractivity contribution in [2.75, 3.05) is 34.8 Å². The van der Waals surface area contributed by atoms with E-state index in [0.29, 0.717) is 41.1 Å². The number of anilines is 2. The number of fused-ring (bicyclic) bond motifs is 1. The van der Waals surface area contributed by atoms with Crippen molar-refractivity contribution in [2.24, 2.45) is 0 Å². The molecule has 0 aliphatic carbocycles. The molecule has 1 atom stereocenters. The summed E-state index contributed by atoms with van der Waals surface area (Å²) in [4.78, 5) is 6.47. The van der Waals surface area contributed by atoms with E-state index in [9.17, 15) is 21.6 Å². The van der Waals surface area contributed by atoms with Crippen LogP contribution in [0.1, 0.15) is 35.3 Å². The summed E-state index contributed by atoms with van der Waals surface area (Å²) >= 11 is 0. The molecule has 3 heterocycles. The molecule has 33 heavy (non-hydrogen) atoms. The fourth-order valence-electron chi connectivity index (χ4n) is 4.11. The van der Waals surface area contributed by atoms with Gasteiger partial charge in [-0.2, -0.15) is 18.3 Å². The third-order valence-corrected chi connectivity index (χ3v) is 7.59. The standard InChI is InChI=1S/C22H24F3N5O2S/c1-13-17(5-4-6-19(13)22(23,24)25)14(2)27-21-18-11-16(12-26-20(18)15(3)28-29-21)30-7-9-33(31,32)10-8-30/h4-6,11-12,14H,7-10H2,1-3H3,(H,27,29)/t14-/m1/s1. The number of aryl methyl sites for hydroxylation is 1. The number of aromatic nitrogens is 3. The van der Waals surface area contributed by atoms with Crippen molar-refractivity contribution in [3.8, 4) is 0 Å². The average Bonchev–Trinajstić information content (AvgIpc) is 2.75. The van der Waals surface area contributed by atoms with Crippen LogP contribution in [0.5, 0.6) is 0 Å². The van der Waals surface area contributed by atoms with E-state index in [1.54, 1.807) is 26.1 Å². The molecule has 1 aliphatic heterocycles. The highest BCUT2D eigenvalue weighted by Crippen LogP contribution is 2.36. The SMILES string of the molecule is Cc1c([C@@H](C)Nc2nnc(C)c3ncc(N4CCS(=O)(=O)CC4)cc23)cccc1C(F)(F)F. The first-order chi connectivity index (χ1) is 15.5. The quantitative estimate of drug-likeness (QED) is 0.604.